The highest BCUT2D eigenvalue weighted by molar-refractivity contribution is 7.12. The minimum atomic E-state index is -1.05. The molecule has 0 spiro atoms. The van der Waals surface area contributed by atoms with Crippen molar-refractivity contribution in [3.8, 4) is 0 Å². The van der Waals surface area contributed by atoms with E-state index in [1.807, 2.05) is 30.3 Å². The fourth-order valence-electron chi connectivity index (χ4n) is 2.88. The fraction of sp³-hybridized carbons (Fsp3) is 0.333. The summed E-state index contributed by atoms with van der Waals surface area (Å²) in [6.07, 6.45) is 0.882. The zero-order valence-corrected chi connectivity index (χ0v) is 14.0. The molecule has 24 heavy (non-hydrogen) atoms. The van der Waals surface area contributed by atoms with Gasteiger partial charge in [0.05, 0.1) is 18.8 Å². The van der Waals surface area contributed by atoms with Crippen molar-refractivity contribution in [2.75, 3.05) is 19.7 Å². The van der Waals surface area contributed by atoms with E-state index in [2.05, 4.69) is 0 Å². The third-order valence-corrected chi connectivity index (χ3v) is 5.03. The molecule has 0 aliphatic carbocycles. The van der Waals surface area contributed by atoms with Gasteiger partial charge in [-0.3, -0.25) is 4.79 Å². The first-order chi connectivity index (χ1) is 11.6. The van der Waals surface area contributed by atoms with Gasteiger partial charge in [-0.25, -0.2) is 4.79 Å². The Bertz CT molecular complexity index is 713. The Kier molecular flexibility index (Phi) is 5.27. The number of thiophene rings is 1. The van der Waals surface area contributed by atoms with Crippen LogP contribution in [0.1, 0.15) is 32.0 Å². The van der Waals surface area contributed by atoms with E-state index >= 15 is 0 Å². The number of amides is 1. The van der Waals surface area contributed by atoms with Crippen LogP contribution in [0.2, 0.25) is 0 Å². The minimum absolute atomic E-state index is 0.115. The lowest BCUT2D eigenvalue weighted by atomic mass is 10.1. The molecule has 1 amide bonds. The second-order valence-corrected chi connectivity index (χ2v) is 6.79. The van der Waals surface area contributed by atoms with Crippen molar-refractivity contribution in [2.45, 2.75) is 13.0 Å². The standard InChI is InChI=1S/C18H19NO4S/c20-17(15-7-9-24-16(15)18(21)22)19-8-6-14(10-19)12-23-11-13-4-2-1-3-5-13/h1-5,7,9,14H,6,8,10-12H2,(H,21,22). The molecule has 1 aromatic heterocycles. The second kappa shape index (κ2) is 7.59. The van der Waals surface area contributed by atoms with E-state index in [0.717, 1.165) is 23.3 Å². The molecule has 0 bridgehead atoms. The normalized spacial score (nSPS) is 17.2. The lowest BCUT2D eigenvalue weighted by molar-refractivity contribution is 0.0677. The number of hydrogen-bond acceptors (Lipinski definition) is 4. The molecule has 3 rings (SSSR count). The largest absolute Gasteiger partial charge is 0.477 e. The Morgan fingerprint density at radius 1 is 1.25 bits per heavy atom. The maximum Gasteiger partial charge on any atom is 0.346 e. The number of carboxylic acids is 1. The Hall–Kier alpha value is -2.18. The van der Waals surface area contributed by atoms with Gasteiger partial charge in [-0.15, -0.1) is 11.3 Å². The van der Waals surface area contributed by atoms with Gasteiger partial charge in [0.15, 0.2) is 0 Å². The van der Waals surface area contributed by atoms with Crippen molar-refractivity contribution in [2.24, 2.45) is 5.92 Å². The van der Waals surface area contributed by atoms with Gasteiger partial charge in [0.1, 0.15) is 4.88 Å². The first-order valence-corrected chi connectivity index (χ1v) is 8.75. The smallest absolute Gasteiger partial charge is 0.346 e. The van der Waals surface area contributed by atoms with Crippen LogP contribution >= 0.6 is 11.3 Å². The van der Waals surface area contributed by atoms with Gasteiger partial charge in [-0.1, -0.05) is 30.3 Å². The second-order valence-electron chi connectivity index (χ2n) is 5.88. The number of ether oxygens (including phenoxy) is 1. The third kappa shape index (κ3) is 3.83. The number of benzene rings is 1. The minimum Gasteiger partial charge on any atom is -0.477 e. The predicted octanol–water partition coefficient (Wildman–Crippen LogP) is 3.13. The summed E-state index contributed by atoms with van der Waals surface area (Å²) >= 11 is 1.09. The first kappa shape index (κ1) is 16.7. The average Bonchev–Trinajstić information content (AvgIpc) is 3.25. The molecule has 5 nitrogen and oxygen atoms in total. The van der Waals surface area contributed by atoms with Crippen LogP contribution in [0.4, 0.5) is 0 Å². The highest BCUT2D eigenvalue weighted by atomic mass is 32.1. The lowest BCUT2D eigenvalue weighted by Gasteiger charge is -2.16. The van der Waals surface area contributed by atoms with Gasteiger partial charge < -0.3 is 14.7 Å². The van der Waals surface area contributed by atoms with Crippen LogP contribution < -0.4 is 0 Å². The van der Waals surface area contributed by atoms with Crippen molar-refractivity contribution >= 4 is 23.2 Å². The van der Waals surface area contributed by atoms with Crippen LogP contribution in [0.25, 0.3) is 0 Å². The fourth-order valence-corrected chi connectivity index (χ4v) is 3.61. The number of rotatable bonds is 6. The molecule has 1 saturated heterocycles. The molecule has 1 N–H and O–H groups in total. The van der Waals surface area contributed by atoms with Crippen LogP contribution in [0.15, 0.2) is 41.8 Å². The van der Waals surface area contributed by atoms with Crippen LogP contribution in [-0.4, -0.2) is 41.6 Å². The summed E-state index contributed by atoms with van der Waals surface area (Å²) < 4.78 is 5.75. The van der Waals surface area contributed by atoms with E-state index in [0.29, 0.717) is 37.8 Å². The van der Waals surface area contributed by atoms with Crippen molar-refractivity contribution in [1.29, 1.82) is 0 Å². The van der Waals surface area contributed by atoms with Gasteiger partial charge in [0.25, 0.3) is 5.91 Å². The molecule has 126 valence electrons. The van der Waals surface area contributed by atoms with E-state index in [4.69, 9.17) is 9.84 Å². The molecule has 1 fully saturated rings. The molecular formula is C18H19NO4S. The quantitative estimate of drug-likeness (QED) is 0.873. The number of carbonyl (C=O) groups is 2. The third-order valence-electron chi connectivity index (χ3n) is 4.13. The molecule has 0 radical (unpaired) electrons. The number of carboxylic acid groups (broad SMARTS) is 1. The highest BCUT2D eigenvalue weighted by Crippen LogP contribution is 2.23. The number of likely N-dealkylation sites (tertiary alicyclic amines) is 1. The summed E-state index contributed by atoms with van der Waals surface area (Å²) in [5.74, 6) is -0.945. The predicted molar refractivity (Wildman–Crippen MR) is 91.4 cm³/mol. The molecule has 1 aromatic carbocycles. The lowest BCUT2D eigenvalue weighted by Crippen LogP contribution is -2.30. The Balaban J connectivity index is 1.51. The van der Waals surface area contributed by atoms with E-state index in [9.17, 15) is 9.59 Å². The van der Waals surface area contributed by atoms with Gasteiger partial charge >= 0.3 is 5.97 Å². The van der Waals surface area contributed by atoms with Gasteiger partial charge in [0, 0.05) is 19.0 Å². The van der Waals surface area contributed by atoms with E-state index < -0.39 is 5.97 Å². The van der Waals surface area contributed by atoms with Crippen molar-refractivity contribution in [3.63, 3.8) is 0 Å². The van der Waals surface area contributed by atoms with Crippen LogP contribution in [0.3, 0.4) is 0 Å². The Morgan fingerprint density at radius 3 is 2.79 bits per heavy atom. The molecule has 1 aliphatic heterocycles. The number of carbonyl (C=O) groups excluding carboxylic acids is 1. The summed E-state index contributed by atoms with van der Waals surface area (Å²) in [6, 6.07) is 11.6. The Morgan fingerprint density at radius 2 is 2.04 bits per heavy atom. The summed E-state index contributed by atoms with van der Waals surface area (Å²) in [6.45, 7) is 2.43. The molecule has 6 heteroatoms. The van der Waals surface area contributed by atoms with Gasteiger partial charge in [0.2, 0.25) is 0 Å². The monoisotopic (exact) mass is 345 g/mol. The number of aromatic carboxylic acids is 1. The highest BCUT2D eigenvalue weighted by Gasteiger charge is 2.29. The summed E-state index contributed by atoms with van der Waals surface area (Å²) in [5.41, 5.74) is 1.42. The van der Waals surface area contributed by atoms with E-state index in [1.54, 1.807) is 16.3 Å². The number of hydrogen-bond donors (Lipinski definition) is 1. The Labute approximate surface area is 144 Å². The van der Waals surface area contributed by atoms with Crippen LogP contribution in [-0.2, 0) is 11.3 Å². The summed E-state index contributed by atoms with van der Waals surface area (Å²) in [4.78, 5) is 25.5. The van der Waals surface area contributed by atoms with Gasteiger partial charge in [-0.05, 0) is 23.4 Å². The molecular weight excluding hydrogens is 326 g/mol. The topological polar surface area (TPSA) is 66.8 Å². The summed E-state index contributed by atoms with van der Waals surface area (Å²) in [7, 11) is 0. The number of nitrogens with zero attached hydrogens (tertiary/aromatic N) is 1. The van der Waals surface area contributed by atoms with E-state index in [-0.39, 0.29) is 10.8 Å². The van der Waals surface area contributed by atoms with Gasteiger partial charge in [-0.2, -0.15) is 0 Å². The van der Waals surface area contributed by atoms with E-state index in [1.165, 1.54) is 0 Å². The average molecular weight is 345 g/mol. The van der Waals surface area contributed by atoms with Crippen LogP contribution in [0.5, 0.6) is 0 Å². The molecule has 1 atom stereocenters. The maximum absolute atomic E-state index is 12.5. The van der Waals surface area contributed by atoms with Crippen molar-refractivity contribution in [1.82, 2.24) is 4.90 Å². The first-order valence-electron chi connectivity index (χ1n) is 7.87. The van der Waals surface area contributed by atoms with Crippen molar-refractivity contribution in [3.05, 3.63) is 57.8 Å². The molecule has 2 heterocycles. The van der Waals surface area contributed by atoms with Crippen LogP contribution in [0, 0.1) is 5.92 Å². The zero-order valence-electron chi connectivity index (χ0n) is 13.2. The SMILES string of the molecule is O=C(O)c1sccc1C(=O)N1CCC(COCc2ccccc2)C1. The van der Waals surface area contributed by atoms with Crippen molar-refractivity contribution < 1.29 is 19.4 Å². The maximum atomic E-state index is 12.5. The molecule has 2 aromatic rings. The molecule has 1 unspecified atom stereocenters. The zero-order chi connectivity index (χ0) is 16.9. The molecule has 1 aliphatic rings. The molecule has 0 saturated carbocycles. The summed E-state index contributed by atoms with van der Waals surface area (Å²) in [5, 5.41) is 10.8.